The number of rotatable bonds is 2. The van der Waals surface area contributed by atoms with Gasteiger partial charge in [-0.25, -0.2) is 4.90 Å². The van der Waals surface area contributed by atoms with Gasteiger partial charge in [-0.15, -0.1) is 0 Å². The molecule has 1 unspecified atom stereocenters. The Labute approximate surface area is 137 Å². The Balaban J connectivity index is 1.77. The lowest BCUT2D eigenvalue weighted by Crippen LogP contribution is -2.46. The fourth-order valence-electron chi connectivity index (χ4n) is 2.96. The first kappa shape index (κ1) is 14.9. The van der Waals surface area contributed by atoms with Crippen LogP contribution in [0.2, 0.25) is 0 Å². The fourth-order valence-corrected chi connectivity index (χ4v) is 3.32. The lowest BCUT2D eigenvalue weighted by molar-refractivity contribution is -0.123. The van der Waals surface area contributed by atoms with Crippen LogP contribution in [-0.2, 0) is 9.59 Å². The second-order valence-electron chi connectivity index (χ2n) is 5.53. The van der Waals surface area contributed by atoms with Crippen molar-refractivity contribution in [1.82, 2.24) is 4.90 Å². The number of halogens is 1. The highest BCUT2D eigenvalue weighted by atomic mass is 127. The molecule has 0 aromatic heterocycles. The van der Waals surface area contributed by atoms with Crippen molar-refractivity contribution >= 4 is 40.1 Å². The smallest absolute Gasteiger partial charge is 0.251 e. The number of hydrogen-bond acceptors (Lipinski definition) is 4. The largest absolute Gasteiger partial charge is 0.393 e. The quantitative estimate of drug-likeness (QED) is 0.602. The van der Waals surface area contributed by atoms with Crippen molar-refractivity contribution in [3.8, 4) is 0 Å². The summed E-state index contributed by atoms with van der Waals surface area (Å²) in [6.45, 7) is 1.34. The minimum atomic E-state index is -0.371. The van der Waals surface area contributed by atoms with E-state index in [1.165, 1.54) is 4.90 Å². The van der Waals surface area contributed by atoms with Gasteiger partial charge in [-0.05, 0) is 59.7 Å². The lowest BCUT2D eigenvalue weighted by atomic mass is 10.1. The summed E-state index contributed by atoms with van der Waals surface area (Å²) >= 11 is 2.19. The highest BCUT2D eigenvalue weighted by molar-refractivity contribution is 14.1. The van der Waals surface area contributed by atoms with Crippen LogP contribution >= 0.6 is 22.6 Å². The first-order valence-corrected chi connectivity index (χ1v) is 8.18. The van der Waals surface area contributed by atoms with Gasteiger partial charge in [0.05, 0.1) is 24.3 Å². The van der Waals surface area contributed by atoms with Gasteiger partial charge >= 0.3 is 0 Å². The van der Waals surface area contributed by atoms with Crippen molar-refractivity contribution in [3.63, 3.8) is 0 Å². The summed E-state index contributed by atoms with van der Waals surface area (Å²) in [4.78, 5) is 28.1. The monoisotopic (exact) mass is 400 g/mol. The van der Waals surface area contributed by atoms with E-state index in [-0.39, 0.29) is 30.4 Å². The van der Waals surface area contributed by atoms with Crippen LogP contribution in [-0.4, -0.2) is 47.1 Å². The van der Waals surface area contributed by atoms with E-state index in [2.05, 4.69) is 22.6 Å². The van der Waals surface area contributed by atoms with E-state index in [4.69, 9.17) is 0 Å². The van der Waals surface area contributed by atoms with Crippen LogP contribution in [0.15, 0.2) is 24.3 Å². The number of hydrogen-bond donors (Lipinski definition) is 1. The number of benzene rings is 1. The Morgan fingerprint density at radius 1 is 1.10 bits per heavy atom. The molecule has 2 fully saturated rings. The zero-order valence-electron chi connectivity index (χ0n) is 11.5. The standard InChI is InChI=1S/C15H17IN2O3/c16-10-1-3-11(4-2-10)18-14(20)9-13(15(18)21)17-7-5-12(19)6-8-17/h1-4,12-13,19H,5-9H2. The van der Waals surface area contributed by atoms with E-state index in [1.54, 1.807) is 12.1 Å². The molecule has 1 aromatic carbocycles. The SMILES string of the molecule is O=C1CC(N2CCC(O)CC2)C(=O)N1c1ccc(I)cc1. The maximum Gasteiger partial charge on any atom is 0.251 e. The number of amides is 2. The highest BCUT2D eigenvalue weighted by Gasteiger charge is 2.43. The number of nitrogens with zero attached hydrogens (tertiary/aromatic N) is 2. The third kappa shape index (κ3) is 2.97. The van der Waals surface area contributed by atoms with Gasteiger partial charge in [0.15, 0.2) is 0 Å². The molecule has 112 valence electrons. The first-order chi connectivity index (χ1) is 10.1. The van der Waals surface area contributed by atoms with E-state index < -0.39 is 0 Å². The molecule has 0 bridgehead atoms. The zero-order valence-corrected chi connectivity index (χ0v) is 13.7. The third-order valence-electron chi connectivity index (χ3n) is 4.15. The number of aliphatic hydroxyl groups excluding tert-OH is 1. The Bertz CT molecular complexity index is 553. The molecule has 0 radical (unpaired) electrons. The predicted octanol–water partition coefficient (Wildman–Crippen LogP) is 1.38. The van der Waals surface area contributed by atoms with Crippen LogP contribution in [0.5, 0.6) is 0 Å². The number of aliphatic hydroxyl groups is 1. The van der Waals surface area contributed by atoms with Gasteiger partial charge in [-0.3, -0.25) is 14.5 Å². The average Bonchev–Trinajstić information content (AvgIpc) is 2.76. The van der Waals surface area contributed by atoms with E-state index in [0.29, 0.717) is 31.6 Å². The number of imide groups is 1. The van der Waals surface area contributed by atoms with E-state index >= 15 is 0 Å². The van der Waals surface area contributed by atoms with Gasteiger partial charge in [0, 0.05) is 16.7 Å². The van der Waals surface area contributed by atoms with Crippen LogP contribution < -0.4 is 4.90 Å². The Hall–Kier alpha value is -0.990. The number of piperidine rings is 1. The van der Waals surface area contributed by atoms with Gasteiger partial charge in [-0.2, -0.15) is 0 Å². The number of carbonyl (C=O) groups excluding carboxylic acids is 2. The third-order valence-corrected chi connectivity index (χ3v) is 4.87. The molecule has 21 heavy (non-hydrogen) atoms. The fraction of sp³-hybridized carbons (Fsp3) is 0.467. The van der Waals surface area contributed by atoms with E-state index in [9.17, 15) is 14.7 Å². The molecule has 0 saturated carbocycles. The molecule has 1 N–H and O–H groups in total. The Kier molecular flexibility index (Phi) is 4.28. The summed E-state index contributed by atoms with van der Waals surface area (Å²) in [5.74, 6) is -0.282. The number of likely N-dealkylation sites (tertiary alicyclic amines) is 1. The number of anilines is 1. The first-order valence-electron chi connectivity index (χ1n) is 7.11. The molecule has 1 aromatic rings. The molecular formula is C15H17IN2O3. The second kappa shape index (κ2) is 6.02. The van der Waals surface area contributed by atoms with Gasteiger partial charge < -0.3 is 5.11 Å². The van der Waals surface area contributed by atoms with Crippen LogP contribution in [0.1, 0.15) is 19.3 Å². The van der Waals surface area contributed by atoms with E-state index in [1.807, 2.05) is 17.0 Å². The van der Waals surface area contributed by atoms with Crippen molar-refractivity contribution in [2.75, 3.05) is 18.0 Å². The molecule has 0 aliphatic carbocycles. The van der Waals surface area contributed by atoms with Gasteiger partial charge in [0.25, 0.3) is 5.91 Å². The maximum absolute atomic E-state index is 12.6. The topological polar surface area (TPSA) is 60.9 Å². The van der Waals surface area contributed by atoms with Crippen LogP contribution in [0, 0.1) is 3.57 Å². The van der Waals surface area contributed by atoms with Gasteiger partial charge in [0.1, 0.15) is 0 Å². The second-order valence-corrected chi connectivity index (χ2v) is 6.78. The van der Waals surface area contributed by atoms with Crippen molar-refractivity contribution in [1.29, 1.82) is 0 Å². The van der Waals surface area contributed by atoms with Crippen LogP contribution in [0.25, 0.3) is 0 Å². The van der Waals surface area contributed by atoms with Crippen molar-refractivity contribution in [2.45, 2.75) is 31.4 Å². The molecule has 0 spiro atoms. The van der Waals surface area contributed by atoms with Crippen molar-refractivity contribution < 1.29 is 14.7 Å². The molecule has 5 nitrogen and oxygen atoms in total. The molecule has 1 atom stereocenters. The minimum absolute atomic E-state index is 0.141. The number of carbonyl (C=O) groups is 2. The lowest BCUT2D eigenvalue weighted by Gasteiger charge is -2.32. The summed E-state index contributed by atoms with van der Waals surface area (Å²) in [6.07, 6.45) is 1.30. The molecule has 2 aliphatic heterocycles. The molecule has 2 amide bonds. The Morgan fingerprint density at radius 3 is 2.33 bits per heavy atom. The minimum Gasteiger partial charge on any atom is -0.393 e. The Morgan fingerprint density at radius 2 is 1.71 bits per heavy atom. The maximum atomic E-state index is 12.6. The van der Waals surface area contributed by atoms with Crippen molar-refractivity contribution in [3.05, 3.63) is 27.8 Å². The highest BCUT2D eigenvalue weighted by Crippen LogP contribution is 2.27. The summed E-state index contributed by atoms with van der Waals surface area (Å²) < 4.78 is 1.07. The van der Waals surface area contributed by atoms with E-state index in [0.717, 1.165) is 3.57 Å². The van der Waals surface area contributed by atoms with Crippen LogP contribution in [0.4, 0.5) is 5.69 Å². The normalized spacial score (nSPS) is 24.9. The summed E-state index contributed by atoms with van der Waals surface area (Å²) in [7, 11) is 0. The predicted molar refractivity (Wildman–Crippen MR) is 86.9 cm³/mol. The molecule has 2 aliphatic rings. The summed E-state index contributed by atoms with van der Waals surface area (Å²) in [6, 6.07) is 7.02. The van der Waals surface area contributed by atoms with Gasteiger partial charge in [0.2, 0.25) is 5.91 Å². The molecule has 2 heterocycles. The summed E-state index contributed by atoms with van der Waals surface area (Å²) in [5, 5.41) is 9.55. The molecule has 3 rings (SSSR count). The van der Waals surface area contributed by atoms with Gasteiger partial charge in [-0.1, -0.05) is 0 Å². The molecule has 2 saturated heterocycles. The zero-order chi connectivity index (χ0) is 15.0. The average molecular weight is 400 g/mol. The summed E-state index contributed by atoms with van der Waals surface area (Å²) in [5.41, 5.74) is 0.643. The van der Waals surface area contributed by atoms with Crippen LogP contribution in [0.3, 0.4) is 0 Å². The molecular weight excluding hydrogens is 383 g/mol. The molecule has 6 heteroatoms. The van der Waals surface area contributed by atoms with Crippen molar-refractivity contribution in [2.24, 2.45) is 0 Å².